The number of nitrogens with one attached hydrogen (secondary N) is 1. The van der Waals surface area contributed by atoms with Gasteiger partial charge in [0.2, 0.25) is 0 Å². The average Bonchev–Trinajstić information content (AvgIpc) is 3.30. The van der Waals surface area contributed by atoms with E-state index in [-0.39, 0.29) is 12.1 Å². The van der Waals surface area contributed by atoms with Crippen molar-refractivity contribution >= 4 is 38.9 Å². The number of anilines is 1. The van der Waals surface area contributed by atoms with E-state index in [2.05, 4.69) is 111 Å². The van der Waals surface area contributed by atoms with Crippen LogP contribution >= 0.6 is 28.1 Å². The lowest BCUT2D eigenvalue weighted by Crippen LogP contribution is -2.29. The molecule has 5 rings (SSSR count). The molecule has 0 aliphatic carbocycles. The van der Waals surface area contributed by atoms with Crippen molar-refractivity contribution < 1.29 is 0 Å². The van der Waals surface area contributed by atoms with Gasteiger partial charge in [-0.2, -0.15) is 0 Å². The Labute approximate surface area is 208 Å². The predicted molar refractivity (Wildman–Crippen MR) is 142 cm³/mol. The van der Waals surface area contributed by atoms with Gasteiger partial charge in [-0.15, -0.1) is 0 Å². The van der Waals surface area contributed by atoms with Crippen LogP contribution < -0.4 is 10.2 Å². The van der Waals surface area contributed by atoms with Gasteiger partial charge in [0.15, 0.2) is 5.11 Å². The third kappa shape index (κ3) is 3.87. The van der Waals surface area contributed by atoms with Gasteiger partial charge in [-0.1, -0.05) is 30.3 Å². The molecular weight excluding hydrogens is 492 g/mol. The van der Waals surface area contributed by atoms with Crippen LogP contribution in [-0.2, 0) is 0 Å². The second-order valence-corrected chi connectivity index (χ2v) is 9.69. The summed E-state index contributed by atoms with van der Waals surface area (Å²) in [6.45, 7) is 6.45. The van der Waals surface area contributed by atoms with Gasteiger partial charge in [-0.05, 0) is 103 Å². The van der Waals surface area contributed by atoms with Crippen molar-refractivity contribution in [2.24, 2.45) is 0 Å². The summed E-state index contributed by atoms with van der Waals surface area (Å²) in [6, 6.07) is 25.1. The monoisotopic (exact) mass is 516 g/mol. The van der Waals surface area contributed by atoms with Crippen molar-refractivity contribution in [2.45, 2.75) is 32.9 Å². The molecule has 3 heterocycles. The van der Waals surface area contributed by atoms with Crippen LogP contribution in [0, 0.1) is 20.8 Å². The van der Waals surface area contributed by atoms with Crippen LogP contribution in [0.15, 0.2) is 83.5 Å². The van der Waals surface area contributed by atoms with E-state index in [1.165, 1.54) is 22.5 Å². The van der Waals surface area contributed by atoms with Crippen molar-refractivity contribution in [2.75, 3.05) is 4.90 Å². The molecule has 33 heavy (non-hydrogen) atoms. The molecule has 0 radical (unpaired) electrons. The number of aryl methyl sites for hydroxylation is 2. The minimum atomic E-state index is -0.0626. The summed E-state index contributed by atoms with van der Waals surface area (Å²) in [7, 11) is 0. The SMILES string of the molecule is Cc1cccc(N2C(=S)NC(c3ccccn3)C2c2cc(C)n(-c3ccccc3Br)c2C)c1. The summed E-state index contributed by atoms with van der Waals surface area (Å²) in [5.41, 5.74) is 7.99. The number of benzene rings is 2. The standard InChI is InChI=1S/C27H25BrN4S/c1-17-9-8-10-20(15-17)32-26(25(30-27(32)33)23-12-6-7-14-29-23)21-16-18(2)31(19(21)3)24-13-5-4-11-22(24)28/h4-16,25-26H,1-3H3,(H,30,33). The lowest BCUT2D eigenvalue weighted by atomic mass is 9.96. The first kappa shape index (κ1) is 21.9. The number of aromatic nitrogens is 2. The van der Waals surface area contributed by atoms with Crippen LogP contribution in [0.25, 0.3) is 5.69 Å². The van der Waals surface area contributed by atoms with Gasteiger partial charge in [0.05, 0.1) is 23.5 Å². The van der Waals surface area contributed by atoms with E-state index in [9.17, 15) is 0 Å². The summed E-state index contributed by atoms with van der Waals surface area (Å²) < 4.78 is 3.38. The molecule has 6 heteroatoms. The Hall–Kier alpha value is -2.96. The highest BCUT2D eigenvalue weighted by atomic mass is 79.9. The molecule has 2 aromatic carbocycles. The number of hydrogen-bond donors (Lipinski definition) is 1. The van der Waals surface area contributed by atoms with E-state index in [0.717, 1.165) is 21.5 Å². The van der Waals surface area contributed by atoms with Crippen molar-refractivity contribution in [1.29, 1.82) is 0 Å². The Morgan fingerprint density at radius 3 is 2.45 bits per heavy atom. The second-order valence-electron chi connectivity index (χ2n) is 8.45. The first-order valence-electron chi connectivity index (χ1n) is 11.0. The Balaban J connectivity index is 1.70. The smallest absolute Gasteiger partial charge is 0.174 e. The third-order valence-corrected chi connectivity index (χ3v) is 7.25. The van der Waals surface area contributed by atoms with Gasteiger partial charge < -0.3 is 14.8 Å². The zero-order chi connectivity index (χ0) is 23.1. The van der Waals surface area contributed by atoms with E-state index in [4.69, 9.17) is 12.2 Å². The number of hydrogen-bond acceptors (Lipinski definition) is 2. The molecular formula is C27H25BrN4S. The van der Waals surface area contributed by atoms with Gasteiger partial charge in [-0.3, -0.25) is 4.98 Å². The number of nitrogens with zero attached hydrogens (tertiary/aromatic N) is 3. The lowest BCUT2D eigenvalue weighted by Gasteiger charge is -2.28. The van der Waals surface area contributed by atoms with Gasteiger partial charge in [-0.25, -0.2) is 0 Å². The zero-order valence-corrected chi connectivity index (χ0v) is 21.2. The first-order valence-corrected chi connectivity index (χ1v) is 12.2. The van der Waals surface area contributed by atoms with Crippen LogP contribution in [0.3, 0.4) is 0 Å². The van der Waals surface area contributed by atoms with Gasteiger partial charge in [0.25, 0.3) is 0 Å². The maximum atomic E-state index is 5.89. The van der Waals surface area contributed by atoms with E-state index < -0.39 is 0 Å². The maximum Gasteiger partial charge on any atom is 0.174 e. The fourth-order valence-electron chi connectivity index (χ4n) is 4.82. The lowest BCUT2D eigenvalue weighted by molar-refractivity contribution is 0.565. The van der Waals surface area contributed by atoms with Crippen LogP contribution in [0.4, 0.5) is 5.69 Å². The summed E-state index contributed by atoms with van der Waals surface area (Å²) in [6.07, 6.45) is 1.84. The van der Waals surface area contributed by atoms with Gasteiger partial charge in [0.1, 0.15) is 0 Å². The highest BCUT2D eigenvalue weighted by molar-refractivity contribution is 9.10. The van der Waals surface area contributed by atoms with Crippen LogP contribution in [0.2, 0.25) is 0 Å². The summed E-state index contributed by atoms with van der Waals surface area (Å²) in [5.74, 6) is 0. The van der Waals surface area contributed by atoms with E-state index in [1.54, 1.807) is 0 Å². The average molecular weight is 517 g/mol. The number of thiocarbonyl (C=S) groups is 1. The van der Waals surface area contributed by atoms with Gasteiger partial charge >= 0.3 is 0 Å². The normalized spacial score (nSPS) is 17.9. The molecule has 1 fully saturated rings. The molecule has 1 saturated heterocycles. The van der Waals surface area contributed by atoms with Crippen LogP contribution in [0.5, 0.6) is 0 Å². The third-order valence-electron chi connectivity index (χ3n) is 6.26. The second kappa shape index (κ2) is 8.76. The van der Waals surface area contributed by atoms with Crippen molar-refractivity contribution in [3.05, 3.63) is 112 Å². The van der Waals surface area contributed by atoms with E-state index in [0.29, 0.717) is 5.11 Å². The largest absolute Gasteiger partial charge is 0.351 e. The minimum Gasteiger partial charge on any atom is -0.351 e. The molecule has 1 aliphatic rings. The molecule has 0 bridgehead atoms. The Morgan fingerprint density at radius 1 is 0.939 bits per heavy atom. The molecule has 2 unspecified atom stereocenters. The number of pyridine rings is 1. The molecule has 1 aliphatic heterocycles. The van der Waals surface area contributed by atoms with E-state index in [1.807, 2.05) is 24.4 Å². The predicted octanol–water partition coefficient (Wildman–Crippen LogP) is 6.74. The fourth-order valence-corrected chi connectivity index (χ4v) is 5.63. The quantitative estimate of drug-likeness (QED) is 0.304. The van der Waals surface area contributed by atoms with Crippen molar-refractivity contribution in [1.82, 2.24) is 14.9 Å². The Bertz CT molecular complexity index is 1330. The molecule has 4 nitrogen and oxygen atoms in total. The van der Waals surface area contributed by atoms with E-state index >= 15 is 0 Å². The van der Waals surface area contributed by atoms with Crippen LogP contribution in [-0.4, -0.2) is 14.7 Å². The topological polar surface area (TPSA) is 33.1 Å². The van der Waals surface area contributed by atoms with Crippen molar-refractivity contribution in [3.8, 4) is 5.69 Å². The molecule has 4 aromatic rings. The highest BCUT2D eigenvalue weighted by Crippen LogP contribution is 2.44. The molecule has 1 N–H and O–H groups in total. The summed E-state index contributed by atoms with van der Waals surface area (Å²) in [5, 5.41) is 4.28. The highest BCUT2D eigenvalue weighted by Gasteiger charge is 2.42. The van der Waals surface area contributed by atoms with Crippen LogP contribution in [0.1, 0.15) is 40.3 Å². The number of halogens is 1. The summed E-state index contributed by atoms with van der Waals surface area (Å²) in [4.78, 5) is 6.93. The first-order chi connectivity index (χ1) is 16.0. The minimum absolute atomic E-state index is 0.0309. The number of rotatable bonds is 4. The molecule has 0 saturated carbocycles. The maximum absolute atomic E-state index is 5.89. The molecule has 166 valence electrons. The molecule has 0 amide bonds. The Morgan fingerprint density at radius 2 is 1.73 bits per heavy atom. The van der Waals surface area contributed by atoms with Crippen molar-refractivity contribution in [3.63, 3.8) is 0 Å². The summed E-state index contributed by atoms with van der Waals surface area (Å²) >= 11 is 9.62. The fraction of sp³-hybridized carbons (Fsp3) is 0.185. The number of para-hydroxylation sites is 1. The molecule has 2 atom stereocenters. The Kier molecular flexibility index (Phi) is 5.81. The zero-order valence-electron chi connectivity index (χ0n) is 18.8. The molecule has 0 spiro atoms. The van der Waals surface area contributed by atoms with Gasteiger partial charge in [0, 0.05) is 27.7 Å². The molecule has 2 aromatic heterocycles.